The Hall–Kier alpha value is -3.55. The molecule has 2 amide bonds. The van der Waals surface area contributed by atoms with Crippen molar-refractivity contribution < 1.29 is 31.6 Å². The first-order chi connectivity index (χ1) is 19.0. The Morgan fingerprint density at radius 3 is 2.65 bits per heavy atom. The van der Waals surface area contributed by atoms with E-state index in [0.29, 0.717) is 23.7 Å². The van der Waals surface area contributed by atoms with Crippen molar-refractivity contribution in [2.45, 2.75) is 36.2 Å². The maximum Gasteiger partial charge on any atom is 0.409 e. The van der Waals surface area contributed by atoms with Gasteiger partial charge in [-0.3, -0.25) is 4.79 Å². The fourth-order valence-electron chi connectivity index (χ4n) is 5.55. The number of carbonyl (C=O) groups excluding carboxylic acids is 2. The second kappa shape index (κ2) is 9.53. The molecule has 40 heavy (non-hydrogen) atoms. The first-order valence-electron chi connectivity index (χ1n) is 12.6. The van der Waals surface area contributed by atoms with Crippen molar-refractivity contribution in [1.82, 2.24) is 15.1 Å². The molecule has 0 radical (unpaired) electrons. The van der Waals surface area contributed by atoms with E-state index < -0.39 is 39.4 Å². The molecule has 2 aromatic carbocycles. The molecule has 1 aromatic heterocycles. The van der Waals surface area contributed by atoms with Gasteiger partial charge in [0.05, 0.1) is 47.5 Å². The van der Waals surface area contributed by atoms with Gasteiger partial charge in [0.1, 0.15) is 5.82 Å². The van der Waals surface area contributed by atoms with Crippen LogP contribution in [-0.2, 0) is 25.9 Å². The third kappa shape index (κ3) is 4.51. The molecule has 1 saturated carbocycles. The molecule has 2 N–H and O–H groups in total. The Bertz CT molecular complexity index is 1620. The van der Waals surface area contributed by atoms with E-state index in [-0.39, 0.29) is 45.8 Å². The van der Waals surface area contributed by atoms with Gasteiger partial charge in [0.15, 0.2) is 9.84 Å². The van der Waals surface area contributed by atoms with Gasteiger partial charge in [-0.05, 0) is 42.7 Å². The summed E-state index contributed by atoms with van der Waals surface area (Å²) >= 11 is 5.99. The van der Waals surface area contributed by atoms with Crippen LogP contribution in [0.4, 0.5) is 14.9 Å². The molecule has 2 aliphatic heterocycles. The zero-order valence-corrected chi connectivity index (χ0v) is 22.9. The number of nitrogens with two attached hydrogens (primary N) is 1. The zero-order chi connectivity index (χ0) is 28.4. The highest BCUT2D eigenvalue weighted by Gasteiger charge is 2.58. The Morgan fingerprint density at radius 1 is 1.25 bits per heavy atom. The summed E-state index contributed by atoms with van der Waals surface area (Å²) < 4.78 is 52.5. The second-order valence-corrected chi connectivity index (χ2v) is 12.9. The van der Waals surface area contributed by atoms with Crippen LogP contribution in [0, 0.1) is 11.2 Å². The van der Waals surface area contributed by atoms with Crippen molar-refractivity contribution in [1.29, 1.82) is 0 Å². The fourth-order valence-corrected chi connectivity index (χ4v) is 7.24. The van der Waals surface area contributed by atoms with E-state index in [1.165, 1.54) is 18.1 Å². The summed E-state index contributed by atoms with van der Waals surface area (Å²) in [5, 5.41) is 8.70. The van der Waals surface area contributed by atoms with E-state index in [1.807, 2.05) is 0 Å². The number of nitrogens with zero attached hydrogens (tertiary/aromatic N) is 4. The highest BCUT2D eigenvalue weighted by Crippen LogP contribution is 2.60. The van der Waals surface area contributed by atoms with E-state index in [1.54, 1.807) is 29.2 Å². The number of carbonyl (C=O) groups is 2. The van der Waals surface area contributed by atoms with E-state index >= 15 is 4.39 Å². The minimum Gasteiger partial charge on any atom is -0.453 e. The SMILES string of the molecule is COC(=O)N1CC(c2nnc(-c3cc4c(cc3F)S(=O)(=O)C[C@H](N)C(=O)N4Cc3ccc(Cl)cc3)o2)C2(CC2)C1. The number of fused-ring (bicyclic) bond motifs is 1. The third-order valence-corrected chi connectivity index (χ3v) is 9.90. The number of hydrogen-bond donors (Lipinski definition) is 1. The van der Waals surface area contributed by atoms with Crippen LogP contribution in [0.15, 0.2) is 45.7 Å². The number of halogens is 2. The summed E-state index contributed by atoms with van der Waals surface area (Å²) in [4.78, 5) is 27.8. The molecule has 11 nitrogen and oxygen atoms in total. The highest BCUT2D eigenvalue weighted by atomic mass is 35.5. The maximum absolute atomic E-state index is 15.5. The van der Waals surface area contributed by atoms with Crippen LogP contribution in [0.25, 0.3) is 11.5 Å². The van der Waals surface area contributed by atoms with E-state index in [9.17, 15) is 18.0 Å². The monoisotopic (exact) mass is 589 g/mol. The number of hydrogen-bond acceptors (Lipinski definition) is 9. The number of likely N-dealkylation sites (tertiary alicyclic amines) is 1. The van der Waals surface area contributed by atoms with Gasteiger partial charge in [-0.2, -0.15) is 0 Å². The van der Waals surface area contributed by atoms with Gasteiger partial charge in [-0.25, -0.2) is 17.6 Å². The molecule has 2 fully saturated rings. The lowest BCUT2D eigenvalue weighted by Gasteiger charge is -2.24. The van der Waals surface area contributed by atoms with Crippen molar-refractivity contribution in [3.63, 3.8) is 0 Å². The minimum absolute atomic E-state index is 0.0274. The summed E-state index contributed by atoms with van der Waals surface area (Å²) in [5.74, 6) is -2.39. The van der Waals surface area contributed by atoms with Crippen molar-refractivity contribution in [2.75, 3.05) is 30.9 Å². The van der Waals surface area contributed by atoms with Gasteiger partial charge < -0.3 is 24.7 Å². The molecule has 14 heteroatoms. The molecule has 0 bridgehead atoms. The molecule has 210 valence electrons. The molecule has 3 aromatic rings. The number of anilines is 1. The quantitative estimate of drug-likeness (QED) is 0.484. The predicted molar refractivity (Wildman–Crippen MR) is 141 cm³/mol. The normalized spacial score (nSPS) is 22.8. The lowest BCUT2D eigenvalue weighted by Crippen LogP contribution is -2.45. The fraction of sp³-hybridized carbons (Fsp3) is 0.385. The van der Waals surface area contributed by atoms with Crippen LogP contribution < -0.4 is 10.6 Å². The van der Waals surface area contributed by atoms with Gasteiger partial charge in [0.2, 0.25) is 11.8 Å². The Labute approximate surface area is 233 Å². The summed E-state index contributed by atoms with van der Waals surface area (Å²) in [7, 11) is -2.80. The standard InChI is InChI=1S/C26H25ClFN5O6S/c1-38-25(35)32-11-17(26(13-32)6-7-26)23-31-30-22(39-23)16-8-20-21(9-18(16)28)40(36,37)12-19(29)24(34)33(20)10-14-2-4-15(27)5-3-14/h2-5,8-9,17,19H,6-7,10-13,29H2,1H3/t17?,19-/m0/s1. The minimum atomic E-state index is -4.11. The molecule has 1 spiro atoms. The predicted octanol–water partition coefficient (Wildman–Crippen LogP) is 3.12. The summed E-state index contributed by atoms with van der Waals surface area (Å²) in [6, 6.07) is 7.42. The van der Waals surface area contributed by atoms with Crippen LogP contribution in [0.1, 0.15) is 30.2 Å². The number of benzene rings is 2. The smallest absolute Gasteiger partial charge is 0.409 e. The Balaban J connectivity index is 1.40. The lowest BCUT2D eigenvalue weighted by molar-refractivity contribution is -0.119. The van der Waals surface area contributed by atoms with Gasteiger partial charge in [0, 0.05) is 23.5 Å². The highest BCUT2D eigenvalue weighted by molar-refractivity contribution is 7.91. The zero-order valence-electron chi connectivity index (χ0n) is 21.3. The van der Waals surface area contributed by atoms with Crippen molar-refractivity contribution in [3.05, 3.63) is 58.7 Å². The number of rotatable bonds is 4. The lowest BCUT2D eigenvalue weighted by atomic mass is 9.93. The van der Waals surface area contributed by atoms with E-state index in [2.05, 4.69) is 10.2 Å². The largest absolute Gasteiger partial charge is 0.453 e. The van der Waals surface area contributed by atoms with Crippen LogP contribution >= 0.6 is 11.6 Å². The summed E-state index contributed by atoms with van der Waals surface area (Å²) in [5.41, 5.74) is 6.23. The van der Waals surface area contributed by atoms with E-state index in [4.69, 9.17) is 26.5 Å². The van der Waals surface area contributed by atoms with Crippen LogP contribution in [0.3, 0.4) is 0 Å². The summed E-state index contributed by atoms with van der Waals surface area (Å²) in [6.07, 6.45) is 1.29. The molecule has 2 atom stereocenters. The van der Waals surface area contributed by atoms with Crippen LogP contribution in [-0.4, -0.2) is 67.5 Å². The van der Waals surface area contributed by atoms with Gasteiger partial charge in [-0.1, -0.05) is 23.7 Å². The number of methoxy groups -OCH3 is 1. The molecule has 1 aliphatic carbocycles. The van der Waals surface area contributed by atoms with Crippen molar-refractivity contribution in [2.24, 2.45) is 11.1 Å². The molecule has 1 saturated heterocycles. The second-order valence-electron chi connectivity index (χ2n) is 10.4. The number of amides is 2. The average molecular weight is 590 g/mol. The first kappa shape index (κ1) is 26.7. The van der Waals surface area contributed by atoms with E-state index in [0.717, 1.165) is 18.9 Å². The average Bonchev–Trinajstić information content (AvgIpc) is 3.37. The maximum atomic E-state index is 15.5. The van der Waals surface area contributed by atoms with Crippen molar-refractivity contribution >= 4 is 39.1 Å². The Morgan fingerprint density at radius 2 is 1.98 bits per heavy atom. The number of sulfone groups is 1. The molecule has 6 rings (SSSR count). The van der Waals surface area contributed by atoms with Crippen LogP contribution in [0.2, 0.25) is 5.02 Å². The summed E-state index contributed by atoms with van der Waals surface area (Å²) in [6.45, 7) is 0.788. The number of aromatic nitrogens is 2. The van der Waals surface area contributed by atoms with Crippen LogP contribution in [0.5, 0.6) is 0 Å². The van der Waals surface area contributed by atoms with Gasteiger partial charge >= 0.3 is 6.09 Å². The van der Waals surface area contributed by atoms with Gasteiger partial charge in [-0.15, -0.1) is 10.2 Å². The van der Waals surface area contributed by atoms with Gasteiger partial charge in [0.25, 0.3) is 5.89 Å². The number of ether oxygens (including phenoxy) is 1. The molecule has 3 heterocycles. The topological polar surface area (TPSA) is 149 Å². The first-order valence-corrected chi connectivity index (χ1v) is 14.6. The Kier molecular flexibility index (Phi) is 6.35. The molecular weight excluding hydrogens is 565 g/mol. The third-order valence-electron chi connectivity index (χ3n) is 7.85. The molecule has 1 unspecified atom stereocenters. The van der Waals surface area contributed by atoms with Crippen molar-refractivity contribution in [3.8, 4) is 11.5 Å². The molecule has 3 aliphatic rings. The molecular formula is C26H25ClFN5O6S.